The second kappa shape index (κ2) is 7.47. The van der Waals surface area contributed by atoms with Crippen LogP contribution in [0.3, 0.4) is 0 Å². The first-order valence-electron chi connectivity index (χ1n) is 7.93. The predicted molar refractivity (Wildman–Crippen MR) is 97.3 cm³/mol. The highest BCUT2D eigenvalue weighted by Crippen LogP contribution is 2.30. The summed E-state index contributed by atoms with van der Waals surface area (Å²) in [4.78, 5) is 23.7. The van der Waals surface area contributed by atoms with Crippen LogP contribution in [0.2, 0.25) is 0 Å². The molecule has 2 aromatic heterocycles. The molecule has 0 amide bonds. The molecule has 8 nitrogen and oxygen atoms in total. The molecule has 3 rings (SSSR count). The molecule has 2 N–H and O–H groups in total. The van der Waals surface area contributed by atoms with Gasteiger partial charge in [0.05, 0.1) is 11.3 Å². The minimum absolute atomic E-state index is 0.0988. The van der Waals surface area contributed by atoms with Gasteiger partial charge in [-0.25, -0.2) is 9.97 Å². The summed E-state index contributed by atoms with van der Waals surface area (Å²) < 4.78 is 1.96. The van der Waals surface area contributed by atoms with Gasteiger partial charge in [-0.1, -0.05) is 43.3 Å². The fraction of sp³-hybridized carbons (Fsp3) is 0.312. The Hall–Kier alpha value is -2.68. The van der Waals surface area contributed by atoms with Crippen molar-refractivity contribution in [3.8, 4) is 0 Å². The maximum absolute atomic E-state index is 11.1. The number of nitro benzene ring substituents is 1. The quantitative estimate of drug-likeness (QED) is 0.298. The molecule has 0 aliphatic carbocycles. The zero-order valence-corrected chi connectivity index (χ0v) is 14.6. The number of thioether (sulfide) groups is 1. The van der Waals surface area contributed by atoms with E-state index in [-0.39, 0.29) is 16.6 Å². The molecule has 0 aliphatic heterocycles. The van der Waals surface area contributed by atoms with Crippen molar-refractivity contribution in [1.29, 1.82) is 0 Å². The molecule has 2 heterocycles. The van der Waals surface area contributed by atoms with Crippen molar-refractivity contribution in [1.82, 2.24) is 19.5 Å². The second-order valence-corrected chi connectivity index (χ2v) is 6.49. The van der Waals surface area contributed by atoms with E-state index >= 15 is 0 Å². The normalized spacial score (nSPS) is 11.1. The lowest BCUT2D eigenvalue weighted by Crippen LogP contribution is -2.02. The summed E-state index contributed by atoms with van der Waals surface area (Å²) in [6.45, 7) is 2.94. The third-order valence-electron chi connectivity index (χ3n) is 3.75. The Morgan fingerprint density at radius 2 is 2.12 bits per heavy atom. The Kier molecular flexibility index (Phi) is 5.13. The van der Waals surface area contributed by atoms with Crippen LogP contribution in [-0.4, -0.2) is 24.4 Å². The van der Waals surface area contributed by atoms with Gasteiger partial charge < -0.3 is 10.3 Å². The van der Waals surface area contributed by atoms with E-state index in [4.69, 9.17) is 5.73 Å². The number of hydrogen-bond donors (Lipinski definition) is 1. The molecule has 130 valence electrons. The van der Waals surface area contributed by atoms with Gasteiger partial charge in [-0.2, -0.15) is 4.98 Å². The van der Waals surface area contributed by atoms with Crippen LogP contribution < -0.4 is 5.73 Å². The first-order valence-corrected chi connectivity index (χ1v) is 8.92. The predicted octanol–water partition coefficient (Wildman–Crippen LogP) is 3.41. The van der Waals surface area contributed by atoms with Crippen LogP contribution in [0.4, 0.5) is 11.6 Å². The van der Waals surface area contributed by atoms with E-state index in [0.29, 0.717) is 27.5 Å². The molecular weight excluding hydrogens is 340 g/mol. The number of fused-ring (bicyclic) bond motifs is 1. The molecule has 1 aromatic carbocycles. The van der Waals surface area contributed by atoms with E-state index in [0.717, 1.165) is 19.4 Å². The van der Waals surface area contributed by atoms with Crippen molar-refractivity contribution in [3.05, 3.63) is 46.3 Å². The van der Waals surface area contributed by atoms with Crippen molar-refractivity contribution < 1.29 is 4.92 Å². The van der Waals surface area contributed by atoms with Crippen molar-refractivity contribution in [3.63, 3.8) is 0 Å². The number of nitrogens with two attached hydrogens (primary N) is 1. The fourth-order valence-corrected chi connectivity index (χ4v) is 3.46. The number of benzene rings is 1. The molecule has 0 fully saturated rings. The number of nitrogens with zero attached hydrogens (tertiary/aromatic N) is 5. The molecule has 3 aromatic rings. The molecule has 0 saturated heterocycles. The van der Waals surface area contributed by atoms with Crippen LogP contribution >= 0.6 is 11.8 Å². The van der Waals surface area contributed by atoms with Gasteiger partial charge in [0.15, 0.2) is 5.65 Å². The van der Waals surface area contributed by atoms with Crippen molar-refractivity contribution in [2.45, 2.75) is 37.1 Å². The largest absolute Gasteiger partial charge is 0.368 e. The molecule has 0 atom stereocenters. The van der Waals surface area contributed by atoms with Gasteiger partial charge in [-0.05, 0) is 6.42 Å². The summed E-state index contributed by atoms with van der Waals surface area (Å²) in [7, 11) is 0. The maximum atomic E-state index is 11.1. The van der Waals surface area contributed by atoms with E-state index in [1.54, 1.807) is 24.5 Å². The molecule has 0 saturated carbocycles. The average Bonchev–Trinajstić information content (AvgIpc) is 3.00. The zero-order valence-electron chi connectivity index (χ0n) is 13.8. The van der Waals surface area contributed by atoms with Gasteiger partial charge in [-0.3, -0.25) is 10.1 Å². The minimum Gasteiger partial charge on any atom is -0.368 e. The number of nitrogen functional groups attached to an aromatic ring is 1. The highest BCUT2D eigenvalue weighted by atomic mass is 32.2. The third-order valence-corrected chi connectivity index (χ3v) is 4.77. The number of unbranched alkanes of at least 4 members (excludes halogenated alkanes) is 1. The number of aryl methyl sites for hydroxylation is 1. The highest BCUT2D eigenvalue weighted by molar-refractivity contribution is 7.98. The third kappa shape index (κ3) is 3.71. The summed E-state index contributed by atoms with van der Waals surface area (Å²) >= 11 is 1.37. The summed E-state index contributed by atoms with van der Waals surface area (Å²) in [6.07, 6.45) is 3.83. The lowest BCUT2D eigenvalue weighted by Gasteiger charge is -2.06. The van der Waals surface area contributed by atoms with E-state index in [2.05, 4.69) is 21.9 Å². The van der Waals surface area contributed by atoms with Crippen LogP contribution in [0.1, 0.15) is 25.3 Å². The lowest BCUT2D eigenvalue weighted by atomic mass is 10.2. The van der Waals surface area contributed by atoms with Gasteiger partial charge in [0.2, 0.25) is 5.95 Å². The zero-order chi connectivity index (χ0) is 17.8. The minimum atomic E-state index is -0.376. The van der Waals surface area contributed by atoms with E-state index in [9.17, 15) is 10.1 Å². The van der Waals surface area contributed by atoms with Crippen LogP contribution in [0.15, 0.2) is 35.6 Å². The molecule has 0 unspecified atom stereocenters. The summed E-state index contributed by atoms with van der Waals surface area (Å²) in [5.74, 6) is 0.584. The molecule has 0 aliphatic rings. The number of aromatic nitrogens is 4. The molecular formula is C16H18N6O2S. The van der Waals surface area contributed by atoms with Crippen LogP contribution in [0.5, 0.6) is 0 Å². The van der Waals surface area contributed by atoms with Crippen molar-refractivity contribution in [2.24, 2.45) is 0 Å². The number of rotatable bonds is 7. The molecule has 0 radical (unpaired) electrons. The monoisotopic (exact) mass is 358 g/mol. The van der Waals surface area contributed by atoms with Gasteiger partial charge in [-0.15, -0.1) is 0 Å². The van der Waals surface area contributed by atoms with Gasteiger partial charge in [0.1, 0.15) is 10.5 Å². The summed E-state index contributed by atoms with van der Waals surface area (Å²) in [5, 5.41) is 11.8. The fourth-order valence-electron chi connectivity index (χ4n) is 2.48. The smallest absolute Gasteiger partial charge is 0.273 e. The molecule has 0 spiro atoms. The number of imidazole rings is 1. The SMILES string of the molecule is CCCCn1cnc2c(SCc3ccccc3[N+](=O)[O-])nc(N)nc21. The molecule has 25 heavy (non-hydrogen) atoms. The van der Waals surface area contributed by atoms with E-state index in [1.165, 1.54) is 17.8 Å². The van der Waals surface area contributed by atoms with Gasteiger partial charge in [0, 0.05) is 23.9 Å². The topological polar surface area (TPSA) is 113 Å². The summed E-state index contributed by atoms with van der Waals surface area (Å²) in [6, 6.07) is 6.68. The molecule has 0 bridgehead atoms. The Bertz CT molecular complexity index is 911. The first kappa shape index (κ1) is 17.2. The van der Waals surface area contributed by atoms with Crippen molar-refractivity contribution >= 4 is 34.6 Å². The molecule has 9 heteroatoms. The van der Waals surface area contributed by atoms with Crippen LogP contribution in [0, 0.1) is 10.1 Å². The standard InChI is InChI=1S/C16H18N6O2S/c1-2-3-8-21-10-18-13-14(21)19-16(17)20-15(13)25-9-11-6-4-5-7-12(11)22(23)24/h4-7,10H,2-3,8-9H2,1H3,(H2,17,19,20). The van der Waals surface area contributed by atoms with Crippen LogP contribution in [-0.2, 0) is 12.3 Å². The highest BCUT2D eigenvalue weighted by Gasteiger charge is 2.16. The number of anilines is 1. The van der Waals surface area contributed by atoms with Crippen LogP contribution in [0.25, 0.3) is 11.2 Å². The van der Waals surface area contributed by atoms with E-state index in [1.807, 2.05) is 4.57 Å². The number of para-hydroxylation sites is 1. The Morgan fingerprint density at radius 3 is 2.88 bits per heavy atom. The van der Waals surface area contributed by atoms with Crippen molar-refractivity contribution in [2.75, 3.05) is 5.73 Å². The Balaban J connectivity index is 1.89. The van der Waals surface area contributed by atoms with E-state index < -0.39 is 0 Å². The lowest BCUT2D eigenvalue weighted by molar-refractivity contribution is -0.385. The summed E-state index contributed by atoms with van der Waals surface area (Å²) in [5.41, 5.74) is 7.95. The maximum Gasteiger partial charge on any atom is 0.273 e. The first-order chi connectivity index (χ1) is 12.1. The average molecular weight is 358 g/mol. The van der Waals surface area contributed by atoms with Gasteiger partial charge in [0.25, 0.3) is 5.69 Å². The van der Waals surface area contributed by atoms with Gasteiger partial charge >= 0.3 is 0 Å². The number of nitro groups is 1. The Morgan fingerprint density at radius 1 is 1.32 bits per heavy atom. The second-order valence-electron chi connectivity index (χ2n) is 5.53. The Labute approximate surface area is 148 Å². The number of hydrogen-bond acceptors (Lipinski definition) is 7.